The first-order valence-corrected chi connectivity index (χ1v) is 11.5. The standard InChI is InChI=1S/C23H20Cl4N4O/c1-3-23(32,22-11-31(13-29-22)16-5-7-18(25)20(27)9-16)14(2)21-10-30(12-28-21)15-4-6-17(24)19(26)8-15/h4-14,32H,3H2,1-2H3. The van der Waals surface area contributed by atoms with Gasteiger partial charge in [-0.25, -0.2) is 9.97 Å². The second-order valence-electron chi connectivity index (χ2n) is 7.57. The van der Waals surface area contributed by atoms with Crippen molar-refractivity contribution in [3.8, 4) is 11.4 Å². The normalized spacial score (nSPS) is 14.3. The van der Waals surface area contributed by atoms with E-state index < -0.39 is 5.60 Å². The summed E-state index contributed by atoms with van der Waals surface area (Å²) in [5.74, 6) is -0.325. The number of aromatic nitrogens is 4. The molecule has 0 amide bonds. The number of hydrogen-bond acceptors (Lipinski definition) is 3. The Morgan fingerprint density at radius 1 is 0.844 bits per heavy atom. The van der Waals surface area contributed by atoms with Crippen LogP contribution in [0.15, 0.2) is 61.4 Å². The molecule has 1 N–H and O–H groups in total. The molecule has 166 valence electrons. The molecule has 0 bridgehead atoms. The minimum atomic E-state index is -1.22. The minimum absolute atomic E-state index is 0.325. The fraction of sp³-hybridized carbons (Fsp3) is 0.217. The van der Waals surface area contributed by atoms with Gasteiger partial charge in [0.2, 0.25) is 0 Å². The molecule has 0 aliphatic rings. The van der Waals surface area contributed by atoms with Gasteiger partial charge in [-0.2, -0.15) is 0 Å². The molecule has 9 heteroatoms. The van der Waals surface area contributed by atoms with Crippen LogP contribution >= 0.6 is 46.4 Å². The Hall–Kier alpha value is -2.02. The van der Waals surface area contributed by atoms with Crippen LogP contribution in [0.2, 0.25) is 20.1 Å². The number of nitrogens with zero attached hydrogens (tertiary/aromatic N) is 4. The van der Waals surface area contributed by atoms with Crippen molar-refractivity contribution in [2.45, 2.75) is 31.8 Å². The molecule has 0 aliphatic carbocycles. The van der Waals surface area contributed by atoms with E-state index in [0.717, 1.165) is 17.1 Å². The smallest absolute Gasteiger partial charge is 0.116 e. The third-order valence-electron chi connectivity index (χ3n) is 5.73. The van der Waals surface area contributed by atoms with Gasteiger partial charge < -0.3 is 14.2 Å². The molecule has 5 nitrogen and oxygen atoms in total. The van der Waals surface area contributed by atoms with Crippen molar-refractivity contribution in [3.63, 3.8) is 0 Å². The van der Waals surface area contributed by atoms with Crippen LogP contribution in [0.25, 0.3) is 11.4 Å². The van der Waals surface area contributed by atoms with E-state index in [9.17, 15) is 5.11 Å². The maximum Gasteiger partial charge on any atom is 0.116 e. The van der Waals surface area contributed by atoms with E-state index in [-0.39, 0.29) is 5.92 Å². The molecule has 4 aromatic rings. The fourth-order valence-corrected chi connectivity index (χ4v) is 4.22. The van der Waals surface area contributed by atoms with E-state index in [1.807, 2.05) is 36.7 Å². The summed E-state index contributed by atoms with van der Waals surface area (Å²) in [6.07, 6.45) is 7.47. The molecule has 2 unspecified atom stereocenters. The highest BCUT2D eigenvalue weighted by Crippen LogP contribution is 2.39. The topological polar surface area (TPSA) is 55.9 Å². The zero-order chi connectivity index (χ0) is 23.0. The zero-order valence-corrected chi connectivity index (χ0v) is 20.3. The highest BCUT2D eigenvalue weighted by atomic mass is 35.5. The molecular weight excluding hydrogens is 490 g/mol. The van der Waals surface area contributed by atoms with Crippen LogP contribution < -0.4 is 0 Å². The molecule has 4 rings (SSSR count). The summed E-state index contributed by atoms with van der Waals surface area (Å²) in [6.45, 7) is 3.85. The predicted octanol–water partition coefficient (Wildman–Crippen LogP) is 7.07. The van der Waals surface area contributed by atoms with Gasteiger partial charge in [-0.1, -0.05) is 60.3 Å². The molecule has 0 saturated carbocycles. The molecule has 2 heterocycles. The lowest BCUT2D eigenvalue weighted by molar-refractivity contribution is 0.00350. The van der Waals surface area contributed by atoms with E-state index in [4.69, 9.17) is 46.4 Å². The summed E-state index contributed by atoms with van der Waals surface area (Å²) >= 11 is 24.3. The Morgan fingerprint density at radius 2 is 1.38 bits per heavy atom. The van der Waals surface area contributed by atoms with Crippen LogP contribution in [-0.4, -0.2) is 24.2 Å². The Morgan fingerprint density at radius 3 is 1.91 bits per heavy atom. The second kappa shape index (κ2) is 9.08. The number of imidazole rings is 2. The molecule has 0 spiro atoms. The third-order valence-corrected chi connectivity index (χ3v) is 7.21. The number of halogens is 4. The zero-order valence-electron chi connectivity index (χ0n) is 17.3. The summed E-state index contributed by atoms with van der Waals surface area (Å²) < 4.78 is 3.65. The first kappa shape index (κ1) is 23.1. The Labute approximate surface area is 206 Å². The number of hydrogen-bond donors (Lipinski definition) is 1. The second-order valence-corrected chi connectivity index (χ2v) is 9.20. The largest absolute Gasteiger partial charge is 0.383 e. The van der Waals surface area contributed by atoms with Crippen molar-refractivity contribution in [2.75, 3.05) is 0 Å². The van der Waals surface area contributed by atoms with Crippen molar-refractivity contribution in [1.82, 2.24) is 19.1 Å². The summed E-state index contributed by atoms with van der Waals surface area (Å²) in [7, 11) is 0. The predicted molar refractivity (Wildman–Crippen MR) is 130 cm³/mol. The first-order valence-electron chi connectivity index (χ1n) is 9.94. The van der Waals surface area contributed by atoms with E-state index >= 15 is 0 Å². The third kappa shape index (κ3) is 4.28. The lowest BCUT2D eigenvalue weighted by Crippen LogP contribution is -2.32. The van der Waals surface area contributed by atoms with Crippen LogP contribution in [0.5, 0.6) is 0 Å². The Balaban J connectivity index is 1.64. The molecule has 0 fully saturated rings. The molecule has 0 radical (unpaired) electrons. The summed E-state index contributed by atoms with van der Waals surface area (Å²) in [4.78, 5) is 9.02. The number of rotatable bonds is 6. The molecule has 2 aromatic carbocycles. The van der Waals surface area contributed by atoms with Crippen molar-refractivity contribution in [2.24, 2.45) is 0 Å². The Kier molecular flexibility index (Phi) is 6.57. The average Bonchev–Trinajstić information content (AvgIpc) is 3.47. The number of aliphatic hydroxyl groups is 1. The van der Waals surface area contributed by atoms with Gasteiger partial charge >= 0.3 is 0 Å². The summed E-state index contributed by atoms with van der Waals surface area (Å²) in [6, 6.07) is 10.7. The first-order chi connectivity index (χ1) is 15.2. The highest BCUT2D eigenvalue weighted by Gasteiger charge is 2.38. The maximum absolute atomic E-state index is 11.6. The average molecular weight is 510 g/mol. The number of benzene rings is 2. The highest BCUT2D eigenvalue weighted by molar-refractivity contribution is 6.42. The van der Waals surface area contributed by atoms with Gasteiger partial charge in [0.15, 0.2) is 0 Å². The van der Waals surface area contributed by atoms with Crippen LogP contribution in [0.1, 0.15) is 37.6 Å². The lowest BCUT2D eigenvalue weighted by atomic mass is 9.82. The lowest BCUT2D eigenvalue weighted by Gasteiger charge is -2.30. The van der Waals surface area contributed by atoms with Crippen LogP contribution in [0.4, 0.5) is 0 Å². The van der Waals surface area contributed by atoms with Crippen molar-refractivity contribution >= 4 is 46.4 Å². The minimum Gasteiger partial charge on any atom is -0.383 e. The maximum atomic E-state index is 11.6. The van der Waals surface area contributed by atoms with Crippen LogP contribution in [-0.2, 0) is 5.60 Å². The molecule has 2 atom stereocenters. The monoisotopic (exact) mass is 508 g/mol. The van der Waals surface area contributed by atoms with Gasteiger partial charge in [0.05, 0.1) is 44.1 Å². The van der Waals surface area contributed by atoms with Crippen molar-refractivity contribution < 1.29 is 5.11 Å². The van der Waals surface area contributed by atoms with E-state index in [0.29, 0.717) is 32.2 Å². The van der Waals surface area contributed by atoms with Gasteiger partial charge in [-0.05, 0) is 42.8 Å². The van der Waals surface area contributed by atoms with Gasteiger partial charge in [0.1, 0.15) is 5.60 Å². The van der Waals surface area contributed by atoms with Crippen LogP contribution in [0, 0.1) is 0 Å². The Bertz CT molecular complexity index is 1270. The van der Waals surface area contributed by atoms with Gasteiger partial charge in [-0.3, -0.25) is 0 Å². The quantitative estimate of drug-likeness (QED) is 0.302. The van der Waals surface area contributed by atoms with E-state index in [1.165, 1.54) is 0 Å². The van der Waals surface area contributed by atoms with Crippen molar-refractivity contribution in [1.29, 1.82) is 0 Å². The van der Waals surface area contributed by atoms with E-state index in [1.54, 1.807) is 47.7 Å². The van der Waals surface area contributed by atoms with Crippen molar-refractivity contribution in [3.05, 3.63) is 92.9 Å². The molecular formula is C23H20Cl4N4O. The SMILES string of the molecule is CCC(O)(c1cn(-c2ccc(Cl)c(Cl)c2)cn1)C(C)c1cn(-c2ccc(Cl)c(Cl)c2)cn1. The van der Waals surface area contributed by atoms with Gasteiger partial charge in [-0.15, -0.1) is 0 Å². The summed E-state index contributed by atoms with van der Waals surface area (Å²) in [5.41, 5.74) is 1.67. The molecule has 0 aliphatic heterocycles. The molecule has 32 heavy (non-hydrogen) atoms. The van der Waals surface area contributed by atoms with Crippen LogP contribution in [0.3, 0.4) is 0 Å². The molecule has 0 saturated heterocycles. The van der Waals surface area contributed by atoms with E-state index in [2.05, 4.69) is 9.97 Å². The van der Waals surface area contributed by atoms with Gasteiger partial charge in [0.25, 0.3) is 0 Å². The molecule has 2 aromatic heterocycles. The van der Waals surface area contributed by atoms with Gasteiger partial charge in [0, 0.05) is 29.7 Å². The summed E-state index contributed by atoms with van der Waals surface area (Å²) in [5, 5.41) is 13.5. The fourth-order valence-electron chi connectivity index (χ4n) is 3.64.